The van der Waals surface area contributed by atoms with Crippen LogP contribution in [-0.2, 0) is 28.5 Å². The fourth-order valence-electron chi connectivity index (χ4n) is 5.37. The number of esters is 2. The van der Waals surface area contributed by atoms with Crippen molar-refractivity contribution in [2.45, 2.75) is 128 Å². The molecule has 11 heteroatoms. The van der Waals surface area contributed by atoms with Gasteiger partial charge in [-0.25, -0.2) is 4.79 Å². The van der Waals surface area contributed by atoms with Crippen molar-refractivity contribution in [3.63, 3.8) is 0 Å². The minimum atomic E-state index is -1.32. The maximum absolute atomic E-state index is 12.8. The number of amides is 1. The van der Waals surface area contributed by atoms with E-state index in [0.717, 1.165) is 0 Å². The molecule has 2 aliphatic rings. The van der Waals surface area contributed by atoms with Crippen LogP contribution in [0.3, 0.4) is 0 Å². The van der Waals surface area contributed by atoms with E-state index in [0.29, 0.717) is 18.4 Å². The molecule has 0 bridgehead atoms. The van der Waals surface area contributed by atoms with Gasteiger partial charge in [0.15, 0.2) is 11.7 Å². The lowest BCUT2D eigenvalue weighted by atomic mass is 9.88. The second-order valence-corrected chi connectivity index (χ2v) is 13.0. The molecule has 0 spiro atoms. The Kier molecular flexibility index (Phi) is 13.6. The SMILES string of the molecule is CC[C@H](O)[C@@H](C)[C@H]1O[C@@H]1C[C@@](C)(O)/C=C/C=C(\C)[C@H]1OC(=O)C[C@H](O)CC[C@@](C)(OC(=O)N(C)C)[C@@H](OC(C)=O)/C=C/[C@@H]1C. The maximum Gasteiger partial charge on any atom is 0.409 e. The molecule has 0 unspecified atom stereocenters. The highest BCUT2D eigenvalue weighted by molar-refractivity contribution is 5.70. The highest BCUT2D eigenvalue weighted by Crippen LogP contribution is 2.37. The Labute approximate surface area is 261 Å². The van der Waals surface area contributed by atoms with Crippen LogP contribution in [0.15, 0.2) is 36.0 Å². The molecule has 3 N–H and O–H groups in total. The van der Waals surface area contributed by atoms with Crippen LogP contribution < -0.4 is 0 Å². The van der Waals surface area contributed by atoms with Gasteiger partial charge in [0.2, 0.25) is 0 Å². The molecule has 44 heavy (non-hydrogen) atoms. The largest absolute Gasteiger partial charge is 0.457 e. The van der Waals surface area contributed by atoms with E-state index in [9.17, 15) is 29.7 Å². The fourth-order valence-corrected chi connectivity index (χ4v) is 5.37. The number of carbonyl (C=O) groups is 3. The molecular weight excluding hydrogens is 570 g/mol. The summed E-state index contributed by atoms with van der Waals surface area (Å²) in [6, 6.07) is 0. The Hall–Kier alpha value is -2.73. The number of aliphatic hydroxyl groups excluding tert-OH is 2. The number of aliphatic hydroxyl groups is 3. The zero-order valence-corrected chi connectivity index (χ0v) is 27.7. The number of hydrogen-bond acceptors (Lipinski definition) is 10. The molecule has 11 nitrogen and oxygen atoms in total. The second kappa shape index (κ2) is 16.0. The molecule has 0 aromatic rings. The molecular formula is C33H53NO10. The predicted octanol–water partition coefficient (Wildman–Crippen LogP) is 3.84. The molecule has 1 amide bonds. The van der Waals surface area contributed by atoms with Crippen molar-refractivity contribution in [2.24, 2.45) is 11.8 Å². The Morgan fingerprint density at radius 1 is 1.27 bits per heavy atom. The third kappa shape index (κ3) is 11.3. The Balaban J connectivity index is 2.29. The molecule has 2 aliphatic heterocycles. The van der Waals surface area contributed by atoms with E-state index in [2.05, 4.69) is 0 Å². The molecule has 1 saturated heterocycles. The molecule has 2 rings (SSSR count). The molecule has 250 valence electrons. The van der Waals surface area contributed by atoms with Crippen LogP contribution in [0, 0.1) is 11.8 Å². The molecule has 0 aromatic heterocycles. The average Bonchev–Trinajstić information content (AvgIpc) is 3.68. The number of ether oxygens (including phenoxy) is 4. The van der Waals surface area contributed by atoms with Crippen LogP contribution in [-0.4, -0.2) is 100 Å². The third-order valence-electron chi connectivity index (χ3n) is 8.32. The number of rotatable bonds is 10. The highest BCUT2D eigenvalue weighted by atomic mass is 16.6. The topological polar surface area (TPSA) is 155 Å². The van der Waals surface area contributed by atoms with Crippen molar-refractivity contribution < 1.29 is 48.7 Å². The average molecular weight is 624 g/mol. The van der Waals surface area contributed by atoms with Gasteiger partial charge in [0.25, 0.3) is 0 Å². The molecule has 0 saturated carbocycles. The fraction of sp³-hybridized carbons (Fsp3) is 0.727. The Bertz CT molecular complexity index is 1080. The Morgan fingerprint density at radius 3 is 2.52 bits per heavy atom. The smallest absolute Gasteiger partial charge is 0.409 e. The summed E-state index contributed by atoms with van der Waals surface area (Å²) in [7, 11) is 3.07. The van der Waals surface area contributed by atoms with E-state index in [4.69, 9.17) is 18.9 Å². The number of epoxide rings is 1. The lowest BCUT2D eigenvalue weighted by molar-refractivity contribution is -0.158. The summed E-state index contributed by atoms with van der Waals surface area (Å²) in [5, 5.41) is 31.7. The van der Waals surface area contributed by atoms with Gasteiger partial charge in [-0.1, -0.05) is 45.1 Å². The first-order valence-electron chi connectivity index (χ1n) is 15.4. The molecule has 1 fully saturated rings. The second-order valence-electron chi connectivity index (χ2n) is 13.0. The minimum absolute atomic E-state index is 0.0193. The number of cyclic esters (lactones) is 1. The molecule has 2 heterocycles. The summed E-state index contributed by atoms with van der Waals surface area (Å²) in [6.45, 7) is 12.1. The standard InChI is InChI=1S/C33H53NO10/c1-10-25(37)22(4)30-26(42-30)19-32(6,40)16-11-12-20(2)29-21(3)13-14-27(41-23(5)35)33(7,44-31(39)34(8)9)17-15-24(36)18-28(38)43-29/h11-14,16,21-22,24-27,29-30,36-37,40H,10,15,17-19H2,1-9H3/b14-13+,16-11+,20-12+/t21-,22+,24+,25-,26+,27-,29+,30+,32-,33+/m0/s1. The summed E-state index contributed by atoms with van der Waals surface area (Å²) >= 11 is 0. The van der Waals surface area contributed by atoms with Crippen molar-refractivity contribution >= 4 is 18.0 Å². The number of allylic oxidation sites excluding steroid dienone is 2. The van der Waals surface area contributed by atoms with Gasteiger partial charge in [-0.15, -0.1) is 0 Å². The van der Waals surface area contributed by atoms with Crippen molar-refractivity contribution in [1.82, 2.24) is 4.90 Å². The number of nitrogens with zero attached hydrogens (tertiary/aromatic N) is 1. The van der Waals surface area contributed by atoms with Gasteiger partial charge in [-0.05, 0) is 51.7 Å². The van der Waals surface area contributed by atoms with Crippen LogP contribution in [0.4, 0.5) is 4.79 Å². The zero-order chi connectivity index (χ0) is 33.4. The van der Waals surface area contributed by atoms with Crippen LogP contribution >= 0.6 is 0 Å². The molecule has 0 aliphatic carbocycles. The van der Waals surface area contributed by atoms with Crippen molar-refractivity contribution in [3.8, 4) is 0 Å². The number of hydrogen-bond donors (Lipinski definition) is 3. The van der Waals surface area contributed by atoms with Gasteiger partial charge in [-0.3, -0.25) is 9.59 Å². The monoisotopic (exact) mass is 623 g/mol. The van der Waals surface area contributed by atoms with Gasteiger partial charge < -0.3 is 39.2 Å². The summed E-state index contributed by atoms with van der Waals surface area (Å²) in [5.41, 5.74) is -1.81. The predicted molar refractivity (Wildman–Crippen MR) is 164 cm³/mol. The highest BCUT2D eigenvalue weighted by Gasteiger charge is 2.47. The van der Waals surface area contributed by atoms with E-state index in [1.54, 1.807) is 51.2 Å². The van der Waals surface area contributed by atoms with Crippen molar-refractivity contribution in [1.29, 1.82) is 0 Å². The van der Waals surface area contributed by atoms with E-state index >= 15 is 0 Å². The van der Waals surface area contributed by atoms with Gasteiger partial charge in [0, 0.05) is 39.3 Å². The van der Waals surface area contributed by atoms with E-state index in [-0.39, 0.29) is 37.4 Å². The summed E-state index contributed by atoms with van der Waals surface area (Å²) in [6.07, 6.45) is 5.32. The van der Waals surface area contributed by atoms with Gasteiger partial charge in [0.1, 0.15) is 6.10 Å². The maximum atomic E-state index is 12.8. The molecule has 0 radical (unpaired) electrons. The summed E-state index contributed by atoms with van der Waals surface area (Å²) in [4.78, 5) is 38.7. The normalized spacial score (nSPS) is 33.5. The van der Waals surface area contributed by atoms with Gasteiger partial charge >= 0.3 is 18.0 Å². The molecule has 10 atom stereocenters. The van der Waals surface area contributed by atoms with Crippen LogP contribution in [0.5, 0.6) is 0 Å². The van der Waals surface area contributed by atoms with Crippen molar-refractivity contribution in [3.05, 3.63) is 36.0 Å². The van der Waals surface area contributed by atoms with E-state index < -0.39 is 59.6 Å². The van der Waals surface area contributed by atoms with Crippen LogP contribution in [0.2, 0.25) is 0 Å². The summed E-state index contributed by atoms with van der Waals surface area (Å²) in [5.74, 6) is -1.58. The van der Waals surface area contributed by atoms with Gasteiger partial charge in [-0.2, -0.15) is 0 Å². The zero-order valence-electron chi connectivity index (χ0n) is 27.7. The lowest BCUT2D eigenvalue weighted by Gasteiger charge is -2.37. The first-order valence-corrected chi connectivity index (χ1v) is 15.4. The van der Waals surface area contributed by atoms with Gasteiger partial charge in [0.05, 0.1) is 36.4 Å². The third-order valence-corrected chi connectivity index (χ3v) is 8.32. The van der Waals surface area contributed by atoms with Crippen LogP contribution in [0.25, 0.3) is 0 Å². The number of carbonyl (C=O) groups excluding carboxylic acids is 3. The first-order chi connectivity index (χ1) is 20.4. The quantitative estimate of drug-likeness (QED) is 0.107. The van der Waals surface area contributed by atoms with E-state index in [1.165, 1.54) is 25.9 Å². The lowest BCUT2D eigenvalue weighted by Crippen LogP contribution is -2.47. The minimum Gasteiger partial charge on any atom is -0.457 e. The summed E-state index contributed by atoms with van der Waals surface area (Å²) < 4.78 is 22.9. The first kappa shape index (κ1) is 37.5. The molecule has 0 aromatic carbocycles. The van der Waals surface area contributed by atoms with Crippen molar-refractivity contribution in [2.75, 3.05) is 14.1 Å². The Morgan fingerprint density at radius 2 is 1.93 bits per heavy atom. The van der Waals surface area contributed by atoms with Crippen LogP contribution in [0.1, 0.15) is 80.6 Å². The van der Waals surface area contributed by atoms with E-state index in [1.807, 2.05) is 20.8 Å².